The molecule has 0 aliphatic heterocycles. The molecule has 0 N–H and O–H groups in total. The van der Waals surface area contributed by atoms with Gasteiger partial charge >= 0.3 is 0 Å². The van der Waals surface area contributed by atoms with Gasteiger partial charge in [0, 0.05) is 32.5 Å². The fourth-order valence-electron chi connectivity index (χ4n) is 4.97. The molecule has 0 saturated heterocycles. The van der Waals surface area contributed by atoms with Crippen molar-refractivity contribution in [1.82, 2.24) is 0 Å². The van der Waals surface area contributed by atoms with Crippen molar-refractivity contribution in [3.05, 3.63) is 137 Å². The Labute approximate surface area is 229 Å². The smallest absolute Gasteiger partial charge is 0.222 e. The topological polar surface area (TPSA) is 18.5 Å². The predicted molar refractivity (Wildman–Crippen MR) is 154 cm³/mol. The van der Waals surface area contributed by atoms with E-state index in [9.17, 15) is 0 Å². The minimum Gasteiger partial charge on any atom is -0.346 e. The average Bonchev–Trinajstić information content (AvgIpc) is 2.83. The van der Waals surface area contributed by atoms with Gasteiger partial charge in [0.2, 0.25) is 5.79 Å². The van der Waals surface area contributed by atoms with Crippen LogP contribution >= 0.6 is 45.2 Å². The minimum atomic E-state index is -0.983. The molecule has 0 fully saturated rings. The van der Waals surface area contributed by atoms with Crippen LogP contribution in [0.25, 0.3) is 0 Å². The van der Waals surface area contributed by atoms with Crippen LogP contribution in [0.1, 0.15) is 44.5 Å². The Morgan fingerprint density at radius 3 is 1.59 bits per heavy atom. The fraction of sp³-hybridized carbons (Fsp3) is 0.200. The Morgan fingerprint density at radius 2 is 1.06 bits per heavy atom. The summed E-state index contributed by atoms with van der Waals surface area (Å²) in [5, 5.41) is 0. The summed E-state index contributed by atoms with van der Waals surface area (Å²) in [5.74, 6) is -0.983. The van der Waals surface area contributed by atoms with Crippen LogP contribution in [0.15, 0.2) is 84.9 Å². The zero-order valence-corrected chi connectivity index (χ0v) is 23.6. The molecule has 8 bridgehead atoms. The number of hydrogen-bond acceptors (Lipinski definition) is 2. The summed E-state index contributed by atoms with van der Waals surface area (Å²) in [6.45, 7) is 0. The van der Waals surface area contributed by atoms with Crippen molar-refractivity contribution in [2.24, 2.45) is 0 Å². The van der Waals surface area contributed by atoms with Crippen molar-refractivity contribution in [1.29, 1.82) is 0 Å². The Morgan fingerprint density at radius 1 is 0.588 bits per heavy atom. The van der Waals surface area contributed by atoms with Crippen molar-refractivity contribution in [2.45, 2.75) is 25.0 Å². The molecule has 0 saturated carbocycles. The number of hydrogen-bond donors (Lipinski definition) is 0. The average molecular weight is 672 g/mol. The molecule has 0 amide bonds. The molecule has 0 spiro atoms. The van der Waals surface area contributed by atoms with Gasteiger partial charge in [-0.05, 0) is 116 Å². The van der Waals surface area contributed by atoms with Crippen molar-refractivity contribution in [3.8, 4) is 0 Å². The molecule has 0 atom stereocenters. The lowest BCUT2D eigenvalue weighted by Gasteiger charge is -2.33. The van der Waals surface area contributed by atoms with Crippen LogP contribution in [0.4, 0.5) is 0 Å². The van der Waals surface area contributed by atoms with Crippen molar-refractivity contribution < 1.29 is 9.47 Å². The van der Waals surface area contributed by atoms with Crippen LogP contribution in [0, 0.1) is 7.14 Å². The number of halogens is 2. The number of fused-ring (bicyclic) bond motifs is 8. The number of methoxy groups -OCH3 is 2. The van der Waals surface area contributed by atoms with Gasteiger partial charge < -0.3 is 9.47 Å². The van der Waals surface area contributed by atoms with Crippen LogP contribution in [-0.2, 0) is 34.5 Å². The first-order valence-corrected chi connectivity index (χ1v) is 13.5. The molecule has 4 heteroatoms. The number of benzene rings is 4. The molecular weight excluding hydrogens is 646 g/mol. The van der Waals surface area contributed by atoms with Gasteiger partial charge in [0.05, 0.1) is 0 Å². The molecule has 1 aliphatic carbocycles. The number of ether oxygens (including phenoxy) is 2. The highest BCUT2D eigenvalue weighted by atomic mass is 127. The van der Waals surface area contributed by atoms with Gasteiger partial charge in [0.15, 0.2) is 0 Å². The van der Waals surface area contributed by atoms with E-state index in [1.807, 2.05) is 0 Å². The van der Waals surface area contributed by atoms with Crippen LogP contribution in [0.5, 0.6) is 0 Å². The molecule has 4 aromatic carbocycles. The van der Waals surface area contributed by atoms with Crippen molar-refractivity contribution in [3.63, 3.8) is 0 Å². The summed E-state index contributed by atoms with van der Waals surface area (Å²) >= 11 is 4.85. The third kappa shape index (κ3) is 4.70. The van der Waals surface area contributed by atoms with Gasteiger partial charge in [-0.15, -0.1) is 0 Å². The van der Waals surface area contributed by atoms with E-state index in [1.165, 1.54) is 37.0 Å². The van der Waals surface area contributed by atoms with E-state index in [-0.39, 0.29) is 0 Å². The standard InChI is InChI=1S/C30H26I2O2/c1-33-30(34-2)26-11-5-10-24(17-26)15-22-8-3-6-20(13-22)12-21-7-4-9-23(14-21)16-25-18-27(30)29(32)28(31)19-25/h3-11,13-14,17-19H,12,15-16H2,1-2H3. The highest BCUT2D eigenvalue weighted by Gasteiger charge is 2.37. The van der Waals surface area contributed by atoms with E-state index in [1.54, 1.807) is 14.2 Å². The third-order valence-corrected chi connectivity index (χ3v) is 9.58. The highest BCUT2D eigenvalue weighted by Crippen LogP contribution is 2.39. The van der Waals surface area contributed by atoms with Gasteiger partial charge in [-0.25, -0.2) is 0 Å². The maximum Gasteiger partial charge on any atom is 0.222 e. The van der Waals surface area contributed by atoms with Gasteiger partial charge in [0.1, 0.15) is 0 Å². The van der Waals surface area contributed by atoms with E-state index in [0.29, 0.717) is 0 Å². The summed E-state index contributed by atoms with van der Waals surface area (Å²) in [4.78, 5) is 0. The number of rotatable bonds is 2. The highest BCUT2D eigenvalue weighted by molar-refractivity contribution is 14.1. The van der Waals surface area contributed by atoms with Gasteiger partial charge in [-0.2, -0.15) is 0 Å². The second-order valence-corrected chi connectivity index (χ2v) is 11.1. The molecular formula is C30H26I2O2. The SMILES string of the molecule is COC1(OC)c2cccc(c2)Cc2cccc(c2)Cc2cccc(c2)Cc2cc(I)c(I)c1c2. The molecule has 4 aromatic rings. The molecule has 34 heavy (non-hydrogen) atoms. The maximum absolute atomic E-state index is 6.20. The van der Waals surface area contributed by atoms with Crippen LogP contribution in [0.2, 0.25) is 0 Å². The van der Waals surface area contributed by atoms with Crippen molar-refractivity contribution in [2.75, 3.05) is 14.2 Å². The van der Waals surface area contributed by atoms with E-state index in [0.717, 1.165) is 34.0 Å². The molecule has 0 aromatic heterocycles. The lowest BCUT2D eigenvalue weighted by atomic mass is 9.91. The predicted octanol–water partition coefficient (Wildman–Crippen LogP) is 7.48. The molecule has 5 rings (SSSR count). The van der Waals surface area contributed by atoms with Crippen LogP contribution in [0.3, 0.4) is 0 Å². The lowest BCUT2D eigenvalue weighted by molar-refractivity contribution is -0.184. The van der Waals surface area contributed by atoms with E-state index >= 15 is 0 Å². The van der Waals surface area contributed by atoms with E-state index < -0.39 is 5.79 Å². The monoisotopic (exact) mass is 672 g/mol. The summed E-state index contributed by atoms with van der Waals surface area (Å²) in [7, 11) is 3.47. The Kier molecular flexibility index (Phi) is 7.12. The minimum absolute atomic E-state index is 0.858. The molecule has 0 radical (unpaired) electrons. The lowest BCUT2D eigenvalue weighted by Crippen LogP contribution is -2.33. The molecule has 2 nitrogen and oxygen atoms in total. The maximum atomic E-state index is 6.20. The summed E-state index contributed by atoms with van der Waals surface area (Å²) in [5.41, 5.74) is 9.84. The summed E-state index contributed by atoms with van der Waals surface area (Å²) in [6, 6.07) is 31.1. The van der Waals surface area contributed by atoms with E-state index in [2.05, 4.69) is 130 Å². The molecule has 1 aliphatic rings. The Bertz CT molecular complexity index is 1340. The van der Waals surface area contributed by atoms with Gasteiger partial charge in [0.25, 0.3) is 0 Å². The molecule has 172 valence electrons. The first-order valence-electron chi connectivity index (χ1n) is 11.3. The quantitative estimate of drug-likeness (QED) is 0.163. The fourth-order valence-corrected chi connectivity index (χ4v) is 6.33. The van der Waals surface area contributed by atoms with Crippen LogP contribution in [-0.4, -0.2) is 14.2 Å². The molecule has 0 heterocycles. The zero-order chi connectivity index (χ0) is 23.7. The van der Waals surface area contributed by atoms with Gasteiger partial charge in [-0.3, -0.25) is 0 Å². The Hall–Kier alpha value is -1.74. The van der Waals surface area contributed by atoms with Crippen molar-refractivity contribution >= 4 is 45.2 Å². The van der Waals surface area contributed by atoms with E-state index in [4.69, 9.17) is 9.47 Å². The zero-order valence-electron chi connectivity index (χ0n) is 19.3. The third-order valence-electron chi connectivity index (χ3n) is 6.53. The first kappa shape index (κ1) is 24.0. The summed E-state index contributed by atoms with van der Waals surface area (Å²) in [6.07, 6.45) is 2.66. The van der Waals surface area contributed by atoms with Gasteiger partial charge in [-0.1, -0.05) is 66.7 Å². The summed E-state index contributed by atoms with van der Waals surface area (Å²) < 4.78 is 14.8. The second-order valence-electron chi connectivity index (χ2n) is 8.83. The Balaban J connectivity index is 1.75. The first-order chi connectivity index (χ1) is 16.5. The van der Waals surface area contributed by atoms with Crippen LogP contribution < -0.4 is 0 Å². The normalized spacial score (nSPS) is 14.6. The molecule has 0 unspecified atom stereocenters. The largest absolute Gasteiger partial charge is 0.346 e. The second kappa shape index (κ2) is 10.1.